The van der Waals surface area contributed by atoms with E-state index in [1.807, 2.05) is 56.3 Å². The average molecular weight is 416 g/mol. The second-order valence-electron chi connectivity index (χ2n) is 8.84. The van der Waals surface area contributed by atoms with E-state index in [0.717, 1.165) is 11.1 Å². The number of hydrogen-bond acceptors (Lipinski definition) is 3. The second-order valence-corrected chi connectivity index (χ2v) is 8.84. The van der Waals surface area contributed by atoms with Gasteiger partial charge in [0.2, 0.25) is 0 Å². The van der Waals surface area contributed by atoms with Crippen molar-refractivity contribution in [2.45, 2.75) is 40.0 Å². The smallest absolute Gasteiger partial charge is 0.262 e. The fraction of sp³-hybridized carbons (Fsp3) is 0.259. The Morgan fingerprint density at radius 3 is 2.26 bits per heavy atom. The third-order valence-electron chi connectivity index (χ3n) is 5.12. The highest BCUT2D eigenvalue weighted by Crippen LogP contribution is 2.23. The van der Waals surface area contributed by atoms with Gasteiger partial charge in [-0.3, -0.25) is 9.59 Å². The highest BCUT2D eigenvalue weighted by atomic mass is 16.5. The van der Waals surface area contributed by atoms with Crippen LogP contribution in [0.3, 0.4) is 0 Å². The Kier molecular flexibility index (Phi) is 6.59. The molecule has 0 aromatic heterocycles. The molecule has 31 heavy (non-hydrogen) atoms. The van der Waals surface area contributed by atoms with Crippen LogP contribution in [0, 0.1) is 13.8 Å². The molecule has 3 aromatic rings. The van der Waals surface area contributed by atoms with Crippen LogP contribution >= 0.6 is 0 Å². The molecule has 0 fully saturated rings. The quantitative estimate of drug-likeness (QED) is 0.514. The highest BCUT2D eigenvalue weighted by Gasteiger charge is 2.15. The summed E-state index contributed by atoms with van der Waals surface area (Å²) in [6.07, 6.45) is 0. The first-order valence-corrected chi connectivity index (χ1v) is 10.4. The van der Waals surface area contributed by atoms with Gasteiger partial charge in [0.15, 0.2) is 12.4 Å². The van der Waals surface area contributed by atoms with Crippen molar-refractivity contribution < 1.29 is 14.3 Å². The van der Waals surface area contributed by atoms with E-state index < -0.39 is 0 Å². The van der Waals surface area contributed by atoms with Crippen LogP contribution in [-0.4, -0.2) is 18.3 Å². The number of amides is 1. The molecule has 0 bridgehead atoms. The summed E-state index contributed by atoms with van der Waals surface area (Å²) in [5.41, 5.74) is 4.96. The summed E-state index contributed by atoms with van der Waals surface area (Å²) in [5.74, 6) is 0.334. The number of benzene rings is 3. The topological polar surface area (TPSA) is 55.4 Å². The van der Waals surface area contributed by atoms with E-state index in [-0.39, 0.29) is 23.7 Å². The summed E-state index contributed by atoms with van der Waals surface area (Å²) < 4.78 is 5.66. The number of ketones is 1. The summed E-state index contributed by atoms with van der Waals surface area (Å²) in [6.45, 7) is 10.2. The zero-order valence-corrected chi connectivity index (χ0v) is 18.8. The first-order chi connectivity index (χ1) is 14.6. The molecule has 0 radical (unpaired) electrons. The number of carbonyl (C=O) groups is 2. The van der Waals surface area contributed by atoms with Gasteiger partial charge in [0.05, 0.1) is 0 Å². The molecule has 3 rings (SSSR count). The number of carbonyl (C=O) groups excluding carboxylic acids is 2. The van der Waals surface area contributed by atoms with Crippen LogP contribution in [0.15, 0.2) is 66.7 Å². The van der Waals surface area contributed by atoms with Gasteiger partial charge in [0.25, 0.3) is 5.91 Å². The lowest BCUT2D eigenvalue weighted by atomic mass is 9.86. The van der Waals surface area contributed by atoms with Crippen molar-refractivity contribution >= 4 is 17.4 Å². The maximum Gasteiger partial charge on any atom is 0.262 e. The molecule has 1 N–H and O–H groups in total. The van der Waals surface area contributed by atoms with E-state index in [4.69, 9.17) is 4.74 Å². The van der Waals surface area contributed by atoms with Crippen LogP contribution < -0.4 is 10.1 Å². The van der Waals surface area contributed by atoms with E-state index in [1.165, 1.54) is 5.56 Å². The molecule has 0 aliphatic heterocycles. The van der Waals surface area contributed by atoms with E-state index in [0.29, 0.717) is 22.6 Å². The van der Waals surface area contributed by atoms with Gasteiger partial charge >= 0.3 is 0 Å². The maximum absolute atomic E-state index is 12.9. The molecule has 0 saturated heterocycles. The second kappa shape index (κ2) is 9.17. The van der Waals surface area contributed by atoms with Crippen molar-refractivity contribution in [3.05, 3.63) is 94.5 Å². The van der Waals surface area contributed by atoms with Crippen molar-refractivity contribution in [2.24, 2.45) is 0 Å². The number of aryl methyl sites for hydroxylation is 2. The van der Waals surface area contributed by atoms with Crippen molar-refractivity contribution in [3.63, 3.8) is 0 Å². The Balaban J connectivity index is 1.66. The Hall–Kier alpha value is -3.40. The van der Waals surface area contributed by atoms with Crippen LogP contribution in [0.25, 0.3) is 0 Å². The lowest BCUT2D eigenvalue weighted by Gasteiger charge is -2.19. The number of rotatable bonds is 6. The van der Waals surface area contributed by atoms with Gasteiger partial charge in [-0.05, 0) is 54.2 Å². The molecule has 0 aliphatic rings. The monoisotopic (exact) mass is 415 g/mol. The minimum atomic E-state index is -0.278. The molecule has 1 amide bonds. The van der Waals surface area contributed by atoms with Crippen molar-refractivity contribution in [3.8, 4) is 5.75 Å². The van der Waals surface area contributed by atoms with Crippen molar-refractivity contribution in [2.75, 3.05) is 11.9 Å². The zero-order chi connectivity index (χ0) is 22.6. The van der Waals surface area contributed by atoms with Crippen LogP contribution in [0.5, 0.6) is 5.75 Å². The number of ether oxygens (including phenoxy) is 1. The molecule has 0 atom stereocenters. The lowest BCUT2D eigenvalue weighted by Crippen LogP contribution is -2.20. The molecule has 160 valence electrons. The van der Waals surface area contributed by atoms with E-state index >= 15 is 0 Å². The largest absolute Gasteiger partial charge is 0.483 e. The van der Waals surface area contributed by atoms with Crippen LogP contribution in [0.4, 0.5) is 5.69 Å². The number of hydrogen-bond donors (Lipinski definition) is 1. The minimum absolute atomic E-state index is 0.0326. The molecule has 0 unspecified atom stereocenters. The van der Waals surface area contributed by atoms with E-state index in [9.17, 15) is 9.59 Å². The van der Waals surface area contributed by atoms with Gasteiger partial charge in [-0.2, -0.15) is 0 Å². The summed E-state index contributed by atoms with van der Waals surface area (Å²) >= 11 is 0. The molecule has 4 nitrogen and oxygen atoms in total. The summed E-state index contributed by atoms with van der Waals surface area (Å²) in [5, 5.41) is 2.81. The fourth-order valence-corrected chi connectivity index (χ4v) is 3.23. The third kappa shape index (κ3) is 5.82. The highest BCUT2D eigenvalue weighted by molar-refractivity contribution is 6.09. The van der Waals surface area contributed by atoms with Gasteiger partial charge in [0.1, 0.15) is 5.75 Å². The summed E-state index contributed by atoms with van der Waals surface area (Å²) in [6, 6.07) is 20.5. The van der Waals surface area contributed by atoms with Gasteiger partial charge in [-0.1, -0.05) is 69.3 Å². The molecule has 4 heteroatoms. The van der Waals surface area contributed by atoms with Gasteiger partial charge < -0.3 is 10.1 Å². The first-order valence-electron chi connectivity index (χ1n) is 10.4. The molecule has 0 spiro atoms. The maximum atomic E-state index is 12.9. The zero-order valence-electron chi connectivity index (χ0n) is 18.8. The van der Waals surface area contributed by atoms with E-state index in [2.05, 4.69) is 26.1 Å². The van der Waals surface area contributed by atoms with Gasteiger partial charge in [-0.25, -0.2) is 0 Å². The molecular weight excluding hydrogens is 386 g/mol. The normalized spacial score (nSPS) is 11.1. The fourth-order valence-electron chi connectivity index (χ4n) is 3.23. The van der Waals surface area contributed by atoms with Crippen molar-refractivity contribution in [1.82, 2.24) is 0 Å². The van der Waals surface area contributed by atoms with Gasteiger partial charge in [-0.15, -0.1) is 0 Å². The Bertz CT molecular complexity index is 1090. The molecule has 0 heterocycles. The van der Waals surface area contributed by atoms with Crippen molar-refractivity contribution in [1.29, 1.82) is 0 Å². The van der Waals surface area contributed by atoms with Gasteiger partial charge in [0, 0.05) is 16.8 Å². The van der Waals surface area contributed by atoms with Crippen LogP contribution in [0.2, 0.25) is 0 Å². The molecular formula is C27H29NO3. The number of nitrogens with one attached hydrogen (secondary N) is 1. The Morgan fingerprint density at radius 2 is 1.58 bits per heavy atom. The summed E-state index contributed by atoms with van der Waals surface area (Å²) in [4.78, 5) is 25.2. The standard InChI is InChI=1S/C27H29NO3/c1-18-9-10-19(2)24(15-18)31-17-25(29)28-23-8-6-7-21(16-23)26(30)20-11-13-22(14-12-20)27(3,4)5/h6-16H,17H2,1-5H3,(H,28,29). The molecule has 3 aromatic carbocycles. The third-order valence-corrected chi connectivity index (χ3v) is 5.12. The summed E-state index contributed by atoms with van der Waals surface area (Å²) in [7, 11) is 0. The predicted octanol–water partition coefficient (Wildman–Crippen LogP) is 5.85. The minimum Gasteiger partial charge on any atom is -0.483 e. The molecule has 0 aliphatic carbocycles. The first kappa shape index (κ1) is 22.3. The Labute approximate surface area is 184 Å². The Morgan fingerprint density at radius 1 is 0.871 bits per heavy atom. The predicted molar refractivity (Wildman–Crippen MR) is 125 cm³/mol. The SMILES string of the molecule is Cc1ccc(C)c(OCC(=O)Nc2cccc(C(=O)c3ccc(C(C)(C)C)cc3)c2)c1. The number of anilines is 1. The van der Waals surface area contributed by atoms with Crippen LogP contribution in [0.1, 0.15) is 53.4 Å². The van der Waals surface area contributed by atoms with Crippen LogP contribution in [-0.2, 0) is 10.2 Å². The van der Waals surface area contributed by atoms with E-state index in [1.54, 1.807) is 24.3 Å². The average Bonchev–Trinajstić information content (AvgIpc) is 2.73. The lowest BCUT2D eigenvalue weighted by molar-refractivity contribution is -0.118. The molecule has 0 saturated carbocycles.